The number of benzene rings is 1. The maximum absolute atomic E-state index is 10.9. The summed E-state index contributed by atoms with van der Waals surface area (Å²) in [4.78, 5) is 13.2. The van der Waals surface area contributed by atoms with Crippen LogP contribution in [0.2, 0.25) is 0 Å². The molecule has 2 rings (SSSR count). The minimum absolute atomic E-state index is 0.259. The zero-order chi connectivity index (χ0) is 12.3. The molecule has 1 aromatic rings. The van der Waals surface area contributed by atoms with Crippen LogP contribution in [0.5, 0.6) is 0 Å². The maximum Gasteiger partial charge on any atom is 0.308 e. The summed E-state index contributed by atoms with van der Waals surface area (Å²) in [5, 5.41) is 8.99. The Morgan fingerprint density at radius 3 is 2.71 bits per heavy atom. The Kier molecular flexibility index (Phi) is 3.76. The Morgan fingerprint density at radius 1 is 1.41 bits per heavy atom. The number of carboxylic acids is 1. The van der Waals surface area contributed by atoms with Gasteiger partial charge in [-0.2, -0.15) is 0 Å². The quantitative estimate of drug-likeness (QED) is 0.816. The maximum atomic E-state index is 10.9. The van der Waals surface area contributed by atoms with Gasteiger partial charge in [0.1, 0.15) is 0 Å². The van der Waals surface area contributed by atoms with E-state index in [1.54, 1.807) is 0 Å². The molecule has 1 aliphatic rings. The Hall–Kier alpha value is -1.39. The van der Waals surface area contributed by atoms with Crippen molar-refractivity contribution in [2.24, 2.45) is 11.7 Å². The smallest absolute Gasteiger partial charge is 0.308 e. The van der Waals surface area contributed by atoms with Crippen molar-refractivity contribution in [3.63, 3.8) is 0 Å². The highest BCUT2D eigenvalue weighted by Gasteiger charge is 2.31. The summed E-state index contributed by atoms with van der Waals surface area (Å²) in [6, 6.07) is 9.92. The average Bonchev–Trinajstić information content (AvgIpc) is 2.30. The fourth-order valence-electron chi connectivity index (χ4n) is 2.34. The lowest BCUT2D eigenvalue weighted by Gasteiger charge is -2.34. The van der Waals surface area contributed by atoms with Gasteiger partial charge in [-0.3, -0.25) is 9.69 Å². The number of carboxylic acid groups (broad SMARTS) is 1. The Bertz CT molecular complexity index is 380. The van der Waals surface area contributed by atoms with Gasteiger partial charge < -0.3 is 10.8 Å². The normalized spacial score (nSPS) is 25.7. The third-order valence-electron chi connectivity index (χ3n) is 3.31. The van der Waals surface area contributed by atoms with Crippen molar-refractivity contribution in [2.45, 2.75) is 19.0 Å². The lowest BCUT2D eigenvalue weighted by atomic mass is 9.92. The molecule has 0 aliphatic carbocycles. The molecule has 92 valence electrons. The van der Waals surface area contributed by atoms with Crippen molar-refractivity contribution in [1.29, 1.82) is 0 Å². The van der Waals surface area contributed by atoms with Gasteiger partial charge in [0.2, 0.25) is 0 Å². The third-order valence-corrected chi connectivity index (χ3v) is 3.31. The predicted molar refractivity (Wildman–Crippen MR) is 65.4 cm³/mol. The van der Waals surface area contributed by atoms with E-state index in [0.717, 1.165) is 13.1 Å². The molecule has 2 atom stereocenters. The van der Waals surface area contributed by atoms with Crippen molar-refractivity contribution in [3.05, 3.63) is 35.9 Å². The SMILES string of the molecule is NC1CN(Cc2ccccc2)CCC1C(=O)O. The van der Waals surface area contributed by atoms with Crippen LogP contribution in [-0.2, 0) is 11.3 Å². The van der Waals surface area contributed by atoms with Crippen LogP contribution in [0, 0.1) is 5.92 Å². The molecule has 1 heterocycles. The molecule has 0 spiro atoms. The number of hydrogen-bond acceptors (Lipinski definition) is 3. The fraction of sp³-hybridized carbons (Fsp3) is 0.462. The van der Waals surface area contributed by atoms with E-state index in [1.165, 1.54) is 5.56 Å². The van der Waals surface area contributed by atoms with E-state index in [4.69, 9.17) is 10.8 Å². The van der Waals surface area contributed by atoms with Crippen LogP contribution in [-0.4, -0.2) is 35.1 Å². The van der Waals surface area contributed by atoms with E-state index in [9.17, 15) is 4.79 Å². The highest BCUT2D eigenvalue weighted by molar-refractivity contribution is 5.71. The standard InChI is InChI=1S/C13H18N2O2/c14-12-9-15(7-6-11(12)13(16)17)8-10-4-2-1-3-5-10/h1-5,11-12H,6-9,14H2,(H,16,17). The molecule has 0 bridgehead atoms. The Balaban J connectivity index is 1.92. The lowest BCUT2D eigenvalue weighted by Crippen LogP contribution is -2.50. The van der Waals surface area contributed by atoms with Gasteiger partial charge in [0.15, 0.2) is 0 Å². The number of nitrogens with zero attached hydrogens (tertiary/aromatic N) is 1. The average molecular weight is 234 g/mol. The number of likely N-dealkylation sites (tertiary alicyclic amines) is 1. The van der Waals surface area contributed by atoms with Crippen molar-refractivity contribution in [3.8, 4) is 0 Å². The van der Waals surface area contributed by atoms with Gasteiger partial charge in [0, 0.05) is 19.1 Å². The number of aliphatic carboxylic acids is 1. The molecule has 4 nitrogen and oxygen atoms in total. The van der Waals surface area contributed by atoms with Gasteiger partial charge in [0.05, 0.1) is 5.92 Å². The van der Waals surface area contributed by atoms with E-state index in [1.807, 2.05) is 18.2 Å². The largest absolute Gasteiger partial charge is 0.481 e. The summed E-state index contributed by atoms with van der Waals surface area (Å²) >= 11 is 0. The second kappa shape index (κ2) is 5.29. The molecule has 0 aromatic heterocycles. The van der Waals surface area contributed by atoms with Gasteiger partial charge in [-0.15, -0.1) is 0 Å². The molecule has 1 aromatic carbocycles. The number of carbonyl (C=O) groups is 1. The van der Waals surface area contributed by atoms with Gasteiger partial charge in [-0.1, -0.05) is 30.3 Å². The van der Waals surface area contributed by atoms with E-state index in [-0.39, 0.29) is 12.0 Å². The van der Waals surface area contributed by atoms with Crippen molar-refractivity contribution >= 4 is 5.97 Å². The molecule has 0 saturated carbocycles. The van der Waals surface area contributed by atoms with Crippen LogP contribution >= 0.6 is 0 Å². The van der Waals surface area contributed by atoms with E-state index in [0.29, 0.717) is 13.0 Å². The van der Waals surface area contributed by atoms with Gasteiger partial charge in [-0.25, -0.2) is 0 Å². The van der Waals surface area contributed by atoms with E-state index in [2.05, 4.69) is 17.0 Å². The van der Waals surface area contributed by atoms with Gasteiger partial charge in [0.25, 0.3) is 0 Å². The molecule has 1 fully saturated rings. The molecular formula is C13H18N2O2. The van der Waals surface area contributed by atoms with E-state index >= 15 is 0 Å². The van der Waals surface area contributed by atoms with Crippen molar-refractivity contribution in [1.82, 2.24) is 4.90 Å². The highest BCUT2D eigenvalue weighted by Crippen LogP contribution is 2.18. The molecule has 0 amide bonds. The topological polar surface area (TPSA) is 66.6 Å². The first-order valence-electron chi connectivity index (χ1n) is 5.91. The van der Waals surface area contributed by atoms with Crippen LogP contribution < -0.4 is 5.73 Å². The van der Waals surface area contributed by atoms with Crippen LogP contribution in [0.25, 0.3) is 0 Å². The number of nitrogens with two attached hydrogens (primary N) is 1. The fourth-order valence-corrected chi connectivity index (χ4v) is 2.34. The molecule has 0 radical (unpaired) electrons. The summed E-state index contributed by atoms with van der Waals surface area (Å²) in [6.07, 6.45) is 0.642. The summed E-state index contributed by atoms with van der Waals surface area (Å²) < 4.78 is 0. The first-order valence-corrected chi connectivity index (χ1v) is 5.91. The number of piperidine rings is 1. The molecule has 1 saturated heterocycles. The first kappa shape index (κ1) is 12.1. The van der Waals surface area contributed by atoms with Crippen molar-refractivity contribution in [2.75, 3.05) is 13.1 Å². The van der Waals surface area contributed by atoms with Gasteiger partial charge in [-0.05, 0) is 18.5 Å². The Labute approximate surface area is 101 Å². The summed E-state index contributed by atoms with van der Waals surface area (Å²) in [6.45, 7) is 2.31. The van der Waals surface area contributed by atoms with Crippen LogP contribution in [0.4, 0.5) is 0 Å². The molecule has 17 heavy (non-hydrogen) atoms. The van der Waals surface area contributed by atoms with Crippen molar-refractivity contribution < 1.29 is 9.90 Å². The van der Waals surface area contributed by atoms with Gasteiger partial charge >= 0.3 is 5.97 Å². The third kappa shape index (κ3) is 3.05. The molecular weight excluding hydrogens is 216 g/mol. The lowest BCUT2D eigenvalue weighted by molar-refractivity contribution is -0.144. The molecule has 4 heteroatoms. The second-order valence-electron chi connectivity index (χ2n) is 4.62. The monoisotopic (exact) mass is 234 g/mol. The summed E-state index contributed by atoms with van der Waals surface area (Å²) in [7, 11) is 0. The Morgan fingerprint density at radius 2 is 2.12 bits per heavy atom. The summed E-state index contributed by atoms with van der Waals surface area (Å²) in [5.74, 6) is -1.15. The predicted octanol–water partition coefficient (Wildman–Crippen LogP) is 0.920. The molecule has 1 aliphatic heterocycles. The first-order chi connectivity index (χ1) is 8.16. The number of hydrogen-bond donors (Lipinski definition) is 2. The minimum Gasteiger partial charge on any atom is -0.481 e. The van der Waals surface area contributed by atoms with Crippen LogP contribution in [0.1, 0.15) is 12.0 Å². The summed E-state index contributed by atoms with van der Waals surface area (Å²) in [5.41, 5.74) is 7.15. The van der Waals surface area contributed by atoms with E-state index < -0.39 is 5.97 Å². The van der Waals surface area contributed by atoms with Crippen LogP contribution in [0.15, 0.2) is 30.3 Å². The minimum atomic E-state index is -0.767. The van der Waals surface area contributed by atoms with Crippen LogP contribution in [0.3, 0.4) is 0 Å². The zero-order valence-electron chi connectivity index (χ0n) is 9.75. The number of rotatable bonds is 3. The molecule has 2 unspecified atom stereocenters. The molecule has 3 N–H and O–H groups in total. The highest BCUT2D eigenvalue weighted by atomic mass is 16.4. The second-order valence-corrected chi connectivity index (χ2v) is 4.62. The zero-order valence-corrected chi connectivity index (χ0v) is 9.75.